The molecule has 0 radical (unpaired) electrons. The Hall–Kier alpha value is -0.630. The van der Waals surface area contributed by atoms with Gasteiger partial charge in [0, 0.05) is 11.0 Å². The van der Waals surface area contributed by atoms with E-state index in [1.165, 1.54) is 11.3 Å². The van der Waals surface area contributed by atoms with Gasteiger partial charge in [-0.3, -0.25) is 0 Å². The molecule has 78 valence electrons. The highest BCUT2D eigenvalue weighted by atomic mass is 32.2. The summed E-state index contributed by atoms with van der Waals surface area (Å²) in [6, 6.07) is 8.16. The average molecular weight is 210 g/mol. The summed E-state index contributed by atoms with van der Waals surface area (Å²) >= 11 is 1.97. The van der Waals surface area contributed by atoms with Crippen molar-refractivity contribution in [1.29, 1.82) is 0 Å². The zero-order chi connectivity index (χ0) is 10.4. The second-order valence-electron chi connectivity index (χ2n) is 3.03. The highest BCUT2D eigenvalue weighted by Crippen LogP contribution is 2.30. The molecule has 1 aromatic rings. The minimum atomic E-state index is 0.754. The number of para-hydroxylation sites is 1. The van der Waals surface area contributed by atoms with Gasteiger partial charge in [-0.25, -0.2) is 0 Å². The van der Waals surface area contributed by atoms with E-state index in [0.29, 0.717) is 0 Å². The van der Waals surface area contributed by atoms with Crippen LogP contribution in [0.2, 0.25) is 0 Å². The Morgan fingerprint density at radius 2 is 2.00 bits per heavy atom. The number of hydrogen-bond acceptors (Lipinski definition) is 2. The summed E-state index contributed by atoms with van der Waals surface area (Å²) in [4.78, 5) is 0. The van der Waals surface area contributed by atoms with Crippen LogP contribution in [0.4, 0.5) is 0 Å². The van der Waals surface area contributed by atoms with Crippen molar-refractivity contribution in [3.8, 4) is 5.75 Å². The fraction of sp³-hybridized carbons (Fsp3) is 0.500. The van der Waals surface area contributed by atoms with Crippen LogP contribution in [0.15, 0.2) is 24.3 Å². The summed E-state index contributed by atoms with van der Waals surface area (Å²) in [5, 5.41) is 0.754. The van der Waals surface area contributed by atoms with E-state index in [9.17, 15) is 0 Å². The lowest BCUT2D eigenvalue weighted by Crippen LogP contribution is -2.03. The minimum Gasteiger partial charge on any atom is -0.492 e. The number of aryl methyl sites for hydroxylation is 1. The Morgan fingerprint density at radius 3 is 2.57 bits per heavy atom. The Bertz CT molecular complexity index is 269. The first-order valence-corrected chi connectivity index (χ1v) is 6.21. The van der Waals surface area contributed by atoms with Crippen LogP contribution in [0.5, 0.6) is 5.75 Å². The molecule has 0 bridgehead atoms. The third-order valence-corrected chi connectivity index (χ3v) is 2.86. The SMILES string of the molecule is CC.Cc1ccccc1OCC1CS1. The van der Waals surface area contributed by atoms with Crippen molar-refractivity contribution in [3.63, 3.8) is 0 Å². The molecule has 0 aliphatic carbocycles. The van der Waals surface area contributed by atoms with E-state index in [4.69, 9.17) is 4.74 Å². The zero-order valence-electron chi connectivity index (χ0n) is 9.12. The topological polar surface area (TPSA) is 9.23 Å². The molecule has 0 aromatic heterocycles. The largest absolute Gasteiger partial charge is 0.492 e. The lowest BCUT2D eigenvalue weighted by molar-refractivity contribution is 0.327. The van der Waals surface area contributed by atoms with Crippen molar-refractivity contribution in [2.24, 2.45) is 0 Å². The van der Waals surface area contributed by atoms with Gasteiger partial charge in [0.1, 0.15) is 12.4 Å². The van der Waals surface area contributed by atoms with Gasteiger partial charge in [-0.05, 0) is 18.6 Å². The molecule has 0 saturated carbocycles. The monoisotopic (exact) mass is 210 g/mol. The Morgan fingerprint density at radius 1 is 1.36 bits per heavy atom. The van der Waals surface area contributed by atoms with Crippen LogP contribution in [-0.2, 0) is 0 Å². The molecular weight excluding hydrogens is 192 g/mol. The predicted molar refractivity (Wildman–Crippen MR) is 64.3 cm³/mol. The van der Waals surface area contributed by atoms with Crippen LogP contribution >= 0.6 is 11.8 Å². The van der Waals surface area contributed by atoms with Crippen molar-refractivity contribution in [2.75, 3.05) is 12.4 Å². The third-order valence-electron chi connectivity index (χ3n) is 1.92. The third kappa shape index (κ3) is 3.62. The van der Waals surface area contributed by atoms with Crippen LogP contribution in [0.3, 0.4) is 0 Å². The molecule has 2 rings (SSSR count). The number of thioether (sulfide) groups is 1. The molecule has 1 heterocycles. The van der Waals surface area contributed by atoms with Gasteiger partial charge in [-0.2, -0.15) is 11.8 Å². The van der Waals surface area contributed by atoms with Crippen molar-refractivity contribution in [3.05, 3.63) is 29.8 Å². The smallest absolute Gasteiger partial charge is 0.122 e. The first kappa shape index (κ1) is 11.4. The van der Waals surface area contributed by atoms with Gasteiger partial charge < -0.3 is 4.74 Å². The molecule has 0 N–H and O–H groups in total. The van der Waals surface area contributed by atoms with Crippen LogP contribution in [0, 0.1) is 6.92 Å². The van der Waals surface area contributed by atoms with E-state index in [2.05, 4.69) is 13.0 Å². The molecule has 1 unspecified atom stereocenters. The maximum atomic E-state index is 5.64. The number of rotatable bonds is 3. The van der Waals surface area contributed by atoms with Crippen molar-refractivity contribution in [2.45, 2.75) is 26.0 Å². The lowest BCUT2D eigenvalue weighted by atomic mass is 10.2. The predicted octanol–water partition coefficient (Wildman–Crippen LogP) is 3.52. The summed E-state index contributed by atoms with van der Waals surface area (Å²) in [6.07, 6.45) is 0. The van der Waals surface area contributed by atoms with Gasteiger partial charge in [0.2, 0.25) is 0 Å². The summed E-state index contributed by atoms with van der Waals surface area (Å²) < 4.78 is 5.64. The molecule has 1 atom stereocenters. The highest BCUT2D eigenvalue weighted by molar-refractivity contribution is 8.06. The fourth-order valence-electron chi connectivity index (χ4n) is 1.07. The number of ether oxygens (including phenoxy) is 1. The summed E-state index contributed by atoms with van der Waals surface area (Å²) in [6.45, 7) is 6.95. The van der Waals surface area contributed by atoms with E-state index >= 15 is 0 Å². The van der Waals surface area contributed by atoms with Crippen molar-refractivity contribution >= 4 is 11.8 Å². The Kier molecular flexibility index (Phi) is 4.88. The Labute approximate surface area is 90.9 Å². The van der Waals surface area contributed by atoms with E-state index in [1.807, 2.05) is 43.8 Å². The van der Waals surface area contributed by atoms with Gasteiger partial charge in [0.25, 0.3) is 0 Å². The molecule has 14 heavy (non-hydrogen) atoms. The van der Waals surface area contributed by atoms with Crippen molar-refractivity contribution < 1.29 is 4.74 Å². The van der Waals surface area contributed by atoms with Crippen LogP contribution in [-0.4, -0.2) is 17.6 Å². The average Bonchev–Trinajstić information content (AvgIpc) is 3.04. The van der Waals surface area contributed by atoms with E-state index in [-0.39, 0.29) is 0 Å². The molecule has 1 saturated heterocycles. The van der Waals surface area contributed by atoms with E-state index in [0.717, 1.165) is 17.6 Å². The second kappa shape index (κ2) is 5.97. The molecule has 1 aromatic carbocycles. The van der Waals surface area contributed by atoms with Crippen LogP contribution in [0.25, 0.3) is 0 Å². The molecule has 2 heteroatoms. The molecule has 1 nitrogen and oxygen atoms in total. The summed E-state index contributed by atoms with van der Waals surface area (Å²) in [5.41, 5.74) is 1.23. The van der Waals surface area contributed by atoms with Gasteiger partial charge in [-0.15, -0.1) is 0 Å². The quantitative estimate of drug-likeness (QED) is 0.706. The van der Waals surface area contributed by atoms with E-state index in [1.54, 1.807) is 0 Å². The number of benzene rings is 1. The molecule has 0 amide bonds. The Balaban J connectivity index is 0.000000461. The zero-order valence-corrected chi connectivity index (χ0v) is 9.93. The maximum absolute atomic E-state index is 5.64. The number of hydrogen-bond donors (Lipinski definition) is 0. The molecule has 1 fully saturated rings. The molecular formula is C12H18OS. The van der Waals surface area contributed by atoms with Gasteiger partial charge >= 0.3 is 0 Å². The van der Waals surface area contributed by atoms with Crippen molar-refractivity contribution in [1.82, 2.24) is 0 Å². The maximum Gasteiger partial charge on any atom is 0.122 e. The summed E-state index contributed by atoms with van der Waals surface area (Å²) in [5.74, 6) is 2.30. The molecule has 0 spiro atoms. The summed E-state index contributed by atoms with van der Waals surface area (Å²) in [7, 11) is 0. The van der Waals surface area contributed by atoms with Crippen LogP contribution < -0.4 is 4.74 Å². The van der Waals surface area contributed by atoms with Gasteiger partial charge in [0.05, 0.1) is 0 Å². The van der Waals surface area contributed by atoms with Gasteiger partial charge in [0.15, 0.2) is 0 Å². The lowest BCUT2D eigenvalue weighted by Gasteiger charge is -2.06. The first-order valence-electron chi connectivity index (χ1n) is 5.16. The minimum absolute atomic E-state index is 0.754. The molecule has 1 aliphatic rings. The highest BCUT2D eigenvalue weighted by Gasteiger charge is 2.22. The van der Waals surface area contributed by atoms with Gasteiger partial charge in [-0.1, -0.05) is 32.0 Å². The second-order valence-corrected chi connectivity index (χ2v) is 4.37. The standard InChI is InChI=1S/C10H12OS.C2H6/c1-8-4-2-3-5-10(8)11-6-9-7-12-9;1-2/h2-5,9H,6-7H2,1H3;1-2H3. The first-order chi connectivity index (χ1) is 6.86. The normalized spacial score (nSPS) is 18.1. The fourth-order valence-corrected chi connectivity index (χ4v) is 1.46. The van der Waals surface area contributed by atoms with Crippen LogP contribution in [0.1, 0.15) is 19.4 Å². The molecule has 1 aliphatic heterocycles. The van der Waals surface area contributed by atoms with E-state index < -0.39 is 0 Å².